The zero-order chi connectivity index (χ0) is 13.5. The highest BCUT2D eigenvalue weighted by atomic mass is 16.2. The summed E-state index contributed by atoms with van der Waals surface area (Å²) < 4.78 is 0. The van der Waals surface area contributed by atoms with Crippen molar-refractivity contribution >= 4 is 17.3 Å². The number of hydrogen-bond acceptors (Lipinski definition) is 3. The van der Waals surface area contributed by atoms with Crippen LogP contribution in [0.2, 0.25) is 0 Å². The van der Waals surface area contributed by atoms with Crippen molar-refractivity contribution in [3.8, 4) is 0 Å². The summed E-state index contributed by atoms with van der Waals surface area (Å²) in [6.45, 7) is 2.13. The van der Waals surface area contributed by atoms with Crippen molar-refractivity contribution in [1.29, 1.82) is 0 Å². The Morgan fingerprint density at radius 1 is 1.33 bits per heavy atom. The summed E-state index contributed by atoms with van der Waals surface area (Å²) in [4.78, 5) is 13.7. The highest BCUT2D eigenvalue weighted by molar-refractivity contribution is 5.91. The maximum absolute atomic E-state index is 11.7. The number of rotatable bonds is 6. The lowest BCUT2D eigenvalue weighted by Crippen LogP contribution is -2.13. The van der Waals surface area contributed by atoms with Crippen molar-refractivity contribution in [3.05, 3.63) is 23.8 Å². The summed E-state index contributed by atoms with van der Waals surface area (Å²) in [7, 11) is 3.98. The van der Waals surface area contributed by atoms with E-state index in [1.165, 1.54) is 0 Å². The predicted molar refractivity (Wildman–Crippen MR) is 75.1 cm³/mol. The predicted octanol–water partition coefficient (Wildman–Crippen LogP) is 2.16. The summed E-state index contributed by atoms with van der Waals surface area (Å²) in [6, 6.07) is 5.95. The molecular formula is C14H22N2O2. The zero-order valence-corrected chi connectivity index (χ0v) is 11.4. The maximum atomic E-state index is 11.7. The molecule has 0 spiro atoms. The van der Waals surface area contributed by atoms with Crippen molar-refractivity contribution in [3.63, 3.8) is 0 Å². The van der Waals surface area contributed by atoms with Gasteiger partial charge >= 0.3 is 0 Å². The Morgan fingerprint density at radius 3 is 2.61 bits per heavy atom. The number of carbonyl (C=O) groups is 1. The van der Waals surface area contributed by atoms with E-state index in [9.17, 15) is 4.79 Å². The molecule has 18 heavy (non-hydrogen) atoms. The maximum Gasteiger partial charge on any atom is 0.224 e. The molecule has 0 bridgehead atoms. The lowest BCUT2D eigenvalue weighted by Gasteiger charge is -2.15. The van der Waals surface area contributed by atoms with Crippen LogP contribution in [0.1, 0.15) is 24.8 Å². The fourth-order valence-electron chi connectivity index (χ4n) is 1.68. The van der Waals surface area contributed by atoms with E-state index in [-0.39, 0.29) is 12.5 Å². The number of aryl methyl sites for hydroxylation is 1. The van der Waals surface area contributed by atoms with E-state index in [2.05, 4.69) is 5.32 Å². The Labute approximate surface area is 109 Å². The Bertz CT molecular complexity index is 403. The molecule has 2 N–H and O–H groups in total. The number of unbranched alkanes of at least 4 members (excludes halogenated alkanes) is 1. The number of nitrogens with zero attached hydrogens (tertiary/aromatic N) is 1. The molecule has 0 fully saturated rings. The fraction of sp³-hybridized carbons (Fsp3) is 0.500. The van der Waals surface area contributed by atoms with Gasteiger partial charge in [-0.25, -0.2) is 0 Å². The molecule has 0 aliphatic heterocycles. The minimum Gasteiger partial charge on any atom is -0.396 e. The van der Waals surface area contributed by atoms with E-state index in [1.54, 1.807) is 0 Å². The van der Waals surface area contributed by atoms with Gasteiger partial charge in [-0.05, 0) is 43.5 Å². The molecule has 0 aliphatic carbocycles. The van der Waals surface area contributed by atoms with Crippen molar-refractivity contribution in [2.75, 3.05) is 30.9 Å². The fourth-order valence-corrected chi connectivity index (χ4v) is 1.68. The topological polar surface area (TPSA) is 52.6 Å². The van der Waals surface area contributed by atoms with Gasteiger partial charge in [0.1, 0.15) is 0 Å². The molecule has 1 aromatic carbocycles. The third-order valence-corrected chi connectivity index (χ3v) is 2.81. The Balaban J connectivity index is 2.59. The molecule has 4 nitrogen and oxygen atoms in total. The number of aliphatic hydroxyl groups is 1. The van der Waals surface area contributed by atoms with Crippen molar-refractivity contribution < 1.29 is 9.90 Å². The molecule has 1 amide bonds. The third kappa shape index (κ3) is 4.37. The molecule has 0 radical (unpaired) electrons. The molecule has 1 aromatic rings. The summed E-state index contributed by atoms with van der Waals surface area (Å²) in [6.07, 6.45) is 1.85. The molecule has 0 atom stereocenters. The minimum atomic E-state index is 0.00385. The first-order chi connectivity index (χ1) is 8.54. The summed E-state index contributed by atoms with van der Waals surface area (Å²) in [5, 5.41) is 11.6. The van der Waals surface area contributed by atoms with Crippen LogP contribution >= 0.6 is 0 Å². The molecule has 0 saturated heterocycles. The highest BCUT2D eigenvalue weighted by Crippen LogP contribution is 2.21. The Kier molecular flexibility index (Phi) is 5.65. The van der Waals surface area contributed by atoms with Gasteiger partial charge in [-0.15, -0.1) is 0 Å². The lowest BCUT2D eigenvalue weighted by atomic mass is 10.1. The quantitative estimate of drug-likeness (QED) is 0.761. The van der Waals surface area contributed by atoms with Crippen molar-refractivity contribution in [2.24, 2.45) is 0 Å². The van der Waals surface area contributed by atoms with Crippen molar-refractivity contribution in [1.82, 2.24) is 0 Å². The van der Waals surface area contributed by atoms with E-state index in [0.29, 0.717) is 12.8 Å². The molecule has 1 rings (SSSR count). The van der Waals surface area contributed by atoms with E-state index in [1.807, 2.05) is 44.1 Å². The number of nitrogens with one attached hydrogen (secondary N) is 1. The lowest BCUT2D eigenvalue weighted by molar-refractivity contribution is -0.116. The van der Waals surface area contributed by atoms with Gasteiger partial charge in [0.15, 0.2) is 0 Å². The number of anilines is 2. The van der Waals surface area contributed by atoms with Crippen LogP contribution < -0.4 is 10.2 Å². The summed E-state index contributed by atoms with van der Waals surface area (Å²) >= 11 is 0. The van der Waals surface area contributed by atoms with Crippen LogP contribution in [0.5, 0.6) is 0 Å². The number of amides is 1. The van der Waals surface area contributed by atoms with Gasteiger partial charge in [0, 0.05) is 38.5 Å². The molecule has 0 heterocycles. The standard InChI is InChI=1S/C14H22N2O2/c1-11-10-12(16(2)3)7-8-13(11)15-14(18)6-4-5-9-17/h7-8,10,17H,4-6,9H2,1-3H3,(H,15,18). The molecule has 0 unspecified atom stereocenters. The first-order valence-electron chi connectivity index (χ1n) is 6.23. The smallest absolute Gasteiger partial charge is 0.224 e. The summed E-state index contributed by atoms with van der Waals surface area (Å²) in [5.41, 5.74) is 3.03. The average Bonchev–Trinajstić information content (AvgIpc) is 2.32. The largest absolute Gasteiger partial charge is 0.396 e. The second-order valence-corrected chi connectivity index (χ2v) is 4.62. The van der Waals surface area contributed by atoms with Gasteiger partial charge in [-0.1, -0.05) is 0 Å². The molecule has 0 aliphatic rings. The number of hydrogen-bond donors (Lipinski definition) is 2. The molecular weight excluding hydrogens is 228 g/mol. The first-order valence-corrected chi connectivity index (χ1v) is 6.23. The van der Waals surface area contributed by atoms with Crippen LogP contribution in [-0.4, -0.2) is 31.7 Å². The van der Waals surface area contributed by atoms with Gasteiger partial charge in [0.25, 0.3) is 0 Å². The first kappa shape index (κ1) is 14.5. The highest BCUT2D eigenvalue weighted by Gasteiger charge is 2.05. The molecule has 100 valence electrons. The van der Waals surface area contributed by atoms with E-state index in [0.717, 1.165) is 23.4 Å². The van der Waals surface area contributed by atoms with Gasteiger partial charge < -0.3 is 15.3 Å². The van der Waals surface area contributed by atoms with Crippen LogP contribution in [-0.2, 0) is 4.79 Å². The second-order valence-electron chi connectivity index (χ2n) is 4.62. The molecule has 4 heteroatoms. The summed E-state index contributed by atoms with van der Waals surface area (Å²) in [5.74, 6) is 0.00385. The van der Waals surface area contributed by atoms with Gasteiger partial charge in [0.2, 0.25) is 5.91 Å². The second kappa shape index (κ2) is 7.01. The van der Waals surface area contributed by atoms with E-state index in [4.69, 9.17) is 5.11 Å². The molecule has 0 saturated carbocycles. The van der Waals surface area contributed by atoms with E-state index >= 15 is 0 Å². The van der Waals surface area contributed by atoms with Gasteiger partial charge in [-0.3, -0.25) is 4.79 Å². The van der Waals surface area contributed by atoms with Crippen LogP contribution in [0.4, 0.5) is 11.4 Å². The van der Waals surface area contributed by atoms with Crippen molar-refractivity contribution in [2.45, 2.75) is 26.2 Å². The minimum absolute atomic E-state index is 0.00385. The zero-order valence-electron chi connectivity index (χ0n) is 11.4. The van der Waals surface area contributed by atoms with E-state index < -0.39 is 0 Å². The number of carbonyl (C=O) groups excluding carboxylic acids is 1. The van der Waals surface area contributed by atoms with Crippen LogP contribution in [0, 0.1) is 6.92 Å². The Hall–Kier alpha value is -1.55. The molecule has 0 aromatic heterocycles. The number of aliphatic hydroxyl groups excluding tert-OH is 1. The average molecular weight is 250 g/mol. The Morgan fingerprint density at radius 2 is 2.06 bits per heavy atom. The monoisotopic (exact) mass is 250 g/mol. The van der Waals surface area contributed by atoms with Crippen LogP contribution in [0.15, 0.2) is 18.2 Å². The normalized spacial score (nSPS) is 10.2. The van der Waals surface area contributed by atoms with Gasteiger partial charge in [0.05, 0.1) is 0 Å². The van der Waals surface area contributed by atoms with Crippen LogP contribution in [0.3, 0.4) is 0 Å². The van der Waals surface area contributed by atoms with Gasteiger partial charge in [-0.2, -0.15) is 0 Å². The third-order valence-electron chi connectivity index (χ3n) is 2.81. The SMILES string of the molecule is Cc1cc(N(C)C)ccc1NC(=O)CCCCO. The number of benzene rings is 1. The van der Waals surface area contributed by atoms with Crippen LogP contribution in [0.25, 0.3) is 0 Å².